The first kappa shape index (κ1) is 8.20. The van der Waals surface area contributed by atoms with Crippen molar-refractivity contribution in [3.05, 3.63) is 5.82 Å². The molecule has 0 saturated heterocycles. The zero-order valence-electron chi connectivity index (χ0n) is 6.14. The molecule has 0 aromatic carbocycles. The van der Waals surface area contributed by atoms with Gasteiger partial charge in [0.25, 0.3) is 0 Å². The van der Waals surface area contributed by atoms with E-state index in [4.69, 9.17) is 11.5 Å². The van der Waals surface area contributed by atoms with Crippen molar-refractivity contribution in [1.82, 2.24) is 20.2 Å². The zero-order valence-corrected chi connectivity index (χ0v) is 6.14. The number of nitrogens with zero attached hydrogens (tertiary/aromatic N) is 4. The van der Waals surface area contributed by atoms with Gasteiger partial charge in [0.05, 0.1) is 0 Å². The van der Waals surface area contributed by atoms with E-state index in [1.807, 2.05) is 0 Å². The number of hydrogen-bond donors (Lipinski definition) is 1. The summed E-state index contributed by atoms with van der Waals surface area (Å²) in [6.07, 6.45) is 4.79. The molecule has 0 atom stereocenters. The molecule has 0 spiro atoms. The summed E-state index contributed by atoms with van der Waals surface area (Å²) in [7, 11) is 0. The van der Waals surface area contributed by atoms with Gasteiger partial charge in [0.2, 0.25) is 0 Å². The normalized spacial score (nSPS) is 9.25. The van der Waals surface area contributed by atoms with Crippen LogP contribution >= 0.6 is 0 Å². The molecule has 0 aliphatic heterocycles. The third-order valence-electron chi connectivity index (χ3n) is 1.16. The van der Waals surface area contributed by atoms with Crippen molar-refractivity contribution in [2.45, 2.75) is 13.0 Å². The van der Waals surface area contributed by atoms with Crippen LogP contribution in [0.25, 0.3) is 0 Å². The van der Waals surface area contributed by atoms with Crippen LogP contribution in [0.15, 0.2) is 0 Å². The lowest BCUT2D eigenvalue weighted by Crippen LogP contribution is -2.09. The Hall–Kier alpha value is -1.90. The Morgan fingerprint density at radius 3 is 3.08 bits per heavy atom. The second-order valence-corrected chi connectivity index (χ2v) is 2.03. The summed E-state index contributed by atoms with van der Waals surface area (Å²) < 4.78 is 1.27. The van der Waals surface area contributed by atoms with Gasteiger partial charge >= 0.3 is 5.97 Å². The number of tetrazole rings is 1. The van der Waals surface area contributed by atoms with Gasteiger partial charge in [-0.1, -0.05) is 5.92 Å². The minimum Gasteiger partial charge on any atom is -0.481 e. The van der Waals surface area contributed by atoms with Gasteiger partial charge in [0.15, 0.2) is 5.82 Å². The molecule has 6 nitrogen and oxygen atoms in total. The molecule has 1 N–H and O–H groups in total. The van der Waals surface area contributed by atoms with Crippen LogP contribution in [0.3, 0.4) is 0 Å². The van der Waals surface area contributed by atoms with E-state index in [-0.39, 0.29) is 18.8 Å². The summed E-state index contributed by atoms with van der Waals surface area (Å²) in [5.41, 5.74) is 0. The summed E-state index contributed by atoms with van der Waals surface area (Å²) in [5, 5.41) is 18.7. The highest BCUT2D eigenvalue weighted by Crippen LogP contribution is 1.92. The zero-order chi connectivity index (χ0) is 8.97. The Kier molecular flexibility index (Phi) is 2.38. The van der Waals surface area contributed by atoms with Crippen LogP contribution in [0, 0.1) is 12.3 Å². The first-order chi connectivity index (χ1) is 5.74. The van der Waals surface area contributed by atoms with E-state index in [1.54, 1.807) is 0 Å². The fraction of sp³-hybridized carbons (Fsp3) is 0.333. The SMILES string of the molecule is C#CCn1nnnc1CC(=O)O. The molecule has 1 heterocycles. The molecular weight excluding hydrogens is 160 g/mol. The molecule has 1 aromatic rings. The highest BCUT2D eigenvalue weighted by Gasteiger charge is 2.08. The highest BCUT2D eigenvalue weighted by atomic mass is 16.4. The maximum atomic E-state index is 10.3. The molecule has 1 rings (SSSR count). The number of hydrogen-bond acceptors (Lipinski definition) is 4. The Morgan fingerprint density at radius 1 is 1.75 bits per heavy atom. The van der Waals surface area contributed by atoms with Crippen molar-refractivity contribution in [2.24, 2.45) is 0 Å². The highest BCUT2D eigenvalue weighted by molar-refractivity contribution is 5.68. The van der Waals surface area contributed by atoms with Gasteiger partial charge in [-0.15, -0.1) is 11.5 Å². The summed E-state index contributed by atoms with van der Waals surface area (Å²) in [5.74, 6) is 1.59. The van der Waals surface area contributed by atoms with E-state index >= 15 is 0 Å². The summed E-state index contributed by atoms with van der Waals surface area (Å²) in [4.78, 5) is 10.3. The number of carboxylic acids is 1. The summed E-state index contributed by atoms with van der Waals surface area (Å²) >= 11 is 0. The monoisotopic (exact) mass is 166 g/mol. The average Bonchev–Trinajstić information content (AvgIpc) is 2.37. The maximum absolute atomic E-state index is 10.3. The lowest BCUT2D eigenvalue weighted by atomic mass is 10.4. The first-order valence-electron chi connectivity index (χ1n) is 3.14. The number of aromatic nitrogens is 4. The molecule has 0 bridgehead atoms. The van der Waals surface area contributed by atoms with Crippen molar-refractivity contribution in [2.75, 3.05) is 0 Å². The van der Waals surface area contributed by atoms with Crippen LogP contribution in [0.5, 0.6) is 0 Å². The van der Waals surface area contributed by atoms with Crippen molar-refractivity contribution in [3.8, 4) is 12.3 Å². The predicted molar refractivity (Wildman–Crippen MR) is 38.0 cm³/mol. The molecule has 0 aliphatic rings. The van der Waals surface area contributed by atoms with E-state index in [0.29, 0.717) is 0 Å². The summed E-state index contributed by atoms with van der Waals surface area (Å²) in [6, 6.07) is 0. The van der Waals surface area contributed by atoms with Gasteiger partial charge in [-0.25, -0.2) is 4.68 Å². The van der Waals surface area contributed by atoms with Crippen LogP contribution in [-0.4, -0.2) is 31.3 Å². The van der Waals surface area contributed by atoms with E-state index < -0.39 is 5.97 Å². The van der Waals surface area contributed by atoms with Crippen LogP contribution < -0.4 is 0 Å². The number of carbonyl (C=O) groups is 1. The van der Waals surface area contributed by atoms with Gasteiger partial charge in [0, 0.05) is 0 Å². The van der Waals surface area contributed by atoms with E-state index in [0.717, 1.165) is 0 Å². The molecule has 0 amide bonds. The molecule has 0 fully saturated rings. The van der Waals surface area contributed by atoms with E-state index in [9.17, 15) is 4.79 Å². The minimum absolute atomic E-state index is 0.190. The Bertz CT molecular complexity index is 325. The van der Waals surface area contributed by atoms with Gasteiger partial charge in [-0.05, 0) is 10.4 Å². The molecule has 1 aromatic heterocycles. The van der Waals surface area contributed by atoms with Crippen LogP contribution in [0.4, 0.5) is 0 Å². The lowest BCUT2D eigenvalue weighted by Gasteiger charge is -1.95. The third kappa shape index (κ3) is 1.79. The van der Waals surface area contributed by atoms with Crippen molar-refractivity contribution in [1.29, 1.82) is 0 Å². The van der Waals surface area contributed by atoms with Crippen LogP contribution in [-0.2, 0) is 17.8 Å². The lowest BCUT2D eigenvalue weighted by molar-refractivity contribution is -0.136. The largest absolute Gasteiger partial charge is 0.481 e. The molecule has 0 radical (unpaired) electrons. The van der Waals surface area contributed by atoms with Crippen molar-refractivity contribution in [3.63, 3.8) is 0 Å². The van der Waals surface area contributed by atoms with Crippen LogP contribution in [0.2, 0.25) is 0 Å². The second kappa shape index (κ2) is 3.48. The molecule has 0 unspecified atom stereocenters. The quantitative estimate of drug-likeness (QED) is 0.578. The minimum atomic E-state index is -0.983. The molecule has 12 heavy (non-hydrogen) atoms. The maximum Gasteiger partial charge on any atom is 0.311 e. The number of terminal acetylenes is 1. The van der Waals surface area contributed by atoms with Crippen LogP contribution in [0.1, 0.15) is 5.82 Å². The van der Waals surface area contributed by atoms with E-state index in [1.165, 1.54) is 4.68 Å². The topological polar surface area (TPSA) is 80.9 Å². The third-order valence-corrected chi connectivity index (χ3v) is 1.16. The molecule has 0 saturated carbocycles. The van der Waals surface area contributed by atoms with Gasteiger partial charge < -0.3 is 5.11 Å². The molecule has 0 aliphatic carbocycles. The van der Waals surface area contributed by atoms with Crippen molar-refractivity contribution >= 4 is 5.97 Å². The second-order valence-electron chi connectivity index (χ2n) is 2.03. The molecular formula is C6H6N4O2. The summed E-state index contributed by atoms with van der Waals surface area (Å²) in [6.45, 7) is 0.190. The number of aliphatic carboxylic acids is 1. The smallest absolute Gasteiger partial charge is 0.311 e. The fourth-order valence-corrected chi connectivity index (χ4v) is 0.694. The van der Waals surface area contributed by atoms with Gasteiger partial charge in [-0.2, -0.15) is 0 Å². The Labute approximate surface area is 68.2 Å². The predicted octanol–water partition coefficient (Wildman–Crippen LogP) is -1.07. The standard InChI is InChI=1S/C6H6N4O2/c1-2-3-10-5(4-6(11)12)7-8-9-10/h1H,3-4H2,(H,11,12). The first-order valence-corrected chi connectivity index (χ1v) is 3.14. The Morgan fingerprint density at radius 2 is 2.50 bits per heavy atom. The number of carboxylic acid groups (broad SMARTS) is 1. The molecule has 62 valence electrons. The molecule has 6 heteroatoms. The van der Waals surface area contributed by atoms with Gasteiger partial charge in [-0.3, -0.25) is 4.79 Å². The number of rotatable bonds is 3. The van der Waals surface area contributed by atoms with Gasteiger partial charge in [0.1, 0.15) is 13.0 Å². The Balaban J connectivity index is 2.78. The van der Waals surface area contributed by atoms with Crippen molar-refractivity contribution < 1.29 is 9.90 Å². The average molecular weight is 166 g/mol. The van der Waals surface area contributed by atoms with E-state index in [2.05, 4.69) is 21.4 Å². The fourth-order valence-electron chi connectivity index (χ4n) is 0.694.